The highest BCUT2D eigenvalue weighted by molar-refractivity contribution is 6.29. The van der Waals surface area contributed by atoms with Crippen molar-refractivity contribution in [2.45, 2.75) is 0 Å². The van der Waals surface area contributed by atoms with Gasteiger partial charge in [-0.2, -0.15) is 5.10 Å². The summed E-state index contributed by atoms with van der Waals surface area (Å²) >= 11 is 5.40. The van der Waals surface area contributed by atoms with Crippen LogP contribution >= 0.6 is 11.6 Å². The number of alkyl halides is 1. The third kappa shape index (κ3) is 2.17. The summed E-state index contributed by atoms with van der Waals surface area (Å²) in [4.78, 5) is 19.0. The van der Waals surface area contributed by atoms with Crippen molar-refractivity contribution in [3.05, 3.63) is 31.0 Å². The maximum absolute atomic E-state index is 11.2. The molecule has 6 nitrogen and oxygen atoms in total. The van der Waals surface area contributed by atoms with Gasteiger partial charge < -0.3 is 5.32 Å². The van der Waals surface area contributed by atoms with E-state index in [4.69, 9.17) is 11.6 Å². The molecule has 82 valence electrons. The molecular formula is C9H8ClN5O. The molecule has 1 N–H and O–H groups in total. The molecule has 0 bridgehead atoms. The predicted molar refractivity (Wildman–Crippen MR) is 58.5 cm³/mol. The molecule has 1 amide bonds. The molecule has 0 atom stereocenters. The molecule has 0 aromatic carbocycles. The first-order valence-corrected chi connectivity index (χ1v) is 5.00. The van der Waals surface area contributed by atoms with E-state index in [1.54, 1.807) is 18.5 Å². The Morgan fingerprint density at radius 2 is 2.44 bits per heavy atom. The van der Waals surface area contributed by atoms with Crippen LogP contribution in [0.15, 0.2) is 31.0 Å². The molecule has 7 heteroatoms. The summed E-state index contributed by atoms with van der Waals surface area (Å²) in [5, 5.41) is 6.61. The van der Waals surface area contributed by atoms with Crippen molar-refractivity contribution in [1.82, 2.24) is 19.7 Å². The van der Waals surface area contributed by atoms with Crippen molar-refractivity contribution in [3.8, 4) is 5.82 Å². The Balaban J connectivity index is 2.35. The first kappa shape index (κ1) is 10.6. The molecule has 0 saturated heterocycles. The fourth-order valence-electron chi connectivity index (χ4n) is 1.17. The summed E-state index contributed by atoms with van der Waals surface area (Å²) in [6.45, 7) is 0. The lowest BCUT2D eigenvalue weighted by molar-refractivity contribution is -0.113. The van der Waals surface area contributed by atoms with Gasteiger partial charge >= 0.3 is 0 Å². The first-order valence-electron chi connectivity index (χ1n) is 4.47. The summed E-state index contributed by atoms with van der Waals surface area (Å²) in [6.07, 6.45) is 6.22. The SMILES string of the molecule is O=C(CCl)Nc1cncnc1-n1cccn1. The molecule has 0 aliphatic rings. The van der Waals surface area contributed by atoms with E-state index in [2.05, 4.69) is 20.4 Å². The van der Waals surface area contributed by atoms with Crippen molar-refractivity contribution in [1.29, 1.82) is 0 Å². The van der Waals surface area contributed by atoms with Gasteiger partial charge in [0, 0.05) is 12.4 Å². The van der Waals surface area contributed by atoms with Gasteiger partial charge in [0.15, 0.2) is 5.82 Å². The predicted octanol–water partition coefficient (Wildman–Crippen LogP) is 0.840. The maximum atomic E-state index is 11.2. The second kappa shape index (κ2) is 4.71. The molecule has 0 aliphatic carbocycles. The van der Waals surface area contributed by atoms with Crippen LogP contribution in [0.1, 0.15) is 0 Å². The quantitative estimate of drug-likeness (QED) is 0.803. The Morgan fingerprint density at radius 1 is 1.56 bits per heavy atom. The number of hydrogen-bond acceptors (Lipinski definition) is 4. The molecular weight excluding hydrogens is 230 g/mol. The monoisotopic (exact) mass is 237 g/mol. The standard InChI is InChI=1S/C9H8ClN5O/c10-4-8(16)14-7-5-11-6-12-9(7)15-3-1-2-13-15/h1-3,5-6H,4H2,(H,14,16). The molecule has 2 aromatic rings. The first-order chi connectivity index (χ1) is 7.81. The number of nitrogens with one attached hydrogen (secondary N) is 1. The average Bonchev–Trinajstić information content (AvgIpc) is 2.83. The lowest BCUT2D eigenvalue weighted by Crippen LogP contribution is -2.15. The van der Waals surface area contributed by atoms with Crippen LogP contribution in [0.4, 0.5) is 5.69 Å². The number of halogens is 1. The van der Waals surface area contributed by atoms with Gasteiger partial charge in [-0.05, 0) is 6.07 Å². The van der Waals surface area contributed by atoms with Crippen LogP contribution in [0.5, 0.6) is 0 Å². The minimum absolute atomic E-state index is 0.118. The Kier molecular flexibility index (Phi) is 3.11. The molecule has 0 spiro atoms. The summed E-state index contributed by atoms with van der Waals surface area (Å²) < 4.78 is 1.53. The summed E-state index contributed by atoms with van der Waals surface area (Å²) in [6, 6.07) is 1.76. The Morgan fingerprint density at radius 3 is 3.12 bits per heavy atom. The van der Waals surface area contributed by atoms with E-state index in [0.717, 1.165) is 0 Å². The molecule has 0 saturated carbocycles. The molecule has 0 radical (unpaired) electrons. The van der Waals surface area contributed by atoms with Crippen molar-refractivity contribution < 1.29 is 4.79 Å². The zero-order valence-electron chi connectivity index (χ0n) is 8.17. The zero-order valence-corrected chi connectivity index (χ0v) is 8.92. The summed E-state index contributed by atoms with van der Waals surface area (Å²) in [5.41, 5.74) is 0.469. The lowest BCUT2D eigenvalue weighted by Gasteiger charge is -2.07. The Bertz CT molecular complexity index is 484. The fourth-order valence-corrected chi connectivity index (χ4v) is 1.24. The smallest absolute Gasteiger partial charge is 0.239 e. The Labute approximate surface area is 96.3 Å². The second-order valence-corrected chi connectivity index (χ2v) is 3.16. The van der Waals surface area contributed by atoms with E-state index in [-0.39, 0.29) is 11.8 Å². The van der Waals surface area contributed by atoms with Crippen molar-refractivity contribution >= 4 is 23.2 Å². The number of rotatable bonds is 3. The van der Waals surface area contributed by atoms with Crippen LogP contribution in [0.3, 0.4) is 0 Å². The van der Waals surface area contributed by atoms with Gasteiger partial charge in [-0.25, -0.2) is 14.6 Å². The molecule has 16 heavy (non-hydrogen) atoms. The molecule has 0 fully saturated rings. The topological polar surface area (TPSA) is 72.7 Å². The highest BCUT2D eigenvalue weighted by Gasteiger charge is 2.08. The van der Waals surface area contributed by atoms with Crippen LogP contribution in [-0.2, 0) is 4.79 Å². The highest BCUT2D eigenvalue weighted by atomic mass is 35.5. The van der Waals surface area contributed by atoms with Gasteiger partial charge in [-0.1, -0.05) is 0 Å². The van der Waals surface area contributed by atoms with Crippen LogP contribution in [-0.4, -0.2) is 31.5 Å². The van der Waals surface area contributed by atoms with E-state index in [1.807, 2.05) is 0 Å². The number of carbonyl (C=O) groups excluding carboxylic acids is 1. The van der Waals surface area contributed by atoms with E-state index >= 15 is 0 Å². The third-order valence-corrected chi connectivity index (χ3v) is 2.05. The van der Waals surface area contributed by atoms with Gasteiger partial charge in [0.2, 0.25) is 5.91 Å². The van der Waals surface area contributed by atoms with Crippen LogP contribution in [0.2, 0.25) is 0 Å². The lowest BCUT2D eigenvalue weighted by atomic mass is 10.4. The molecule has 2 aromatic heterocycles. The Hall–Kier alpha value is -1.95. The van der Waals surface area contributed by atoms with Crippen LogP contribution < -0.4 is 5.32 Å². The highest BCUT2D eigenvalue weighted by Crippen LogP contribution is 2.14. The molecule has 2 heterocycles. The normalized spacial score (nSPS) is 10.1. The van der Waals surface area contributed by atoms with Gasteiger partial charge in [-0.3, -0.25) is 4.79 Å². The summed E-state index contributed by atoms with van der Waals surface area (Å²) in [7, 11) is 0. The minimum Gasteiger partial charge on any atom is -0.321 e. The van der Waals surface area contributed by atoms with E-state index in [0.29, 0.717) is 11.5 Å². The van der Waals surface area contributed by atoms with Crippen molar-refractivity contribution in [2.75, 3.05) is 11.2 Å². The number of nitrogens with zero attached hydrogens (tertiary/aromatic N) is 4. The van der Waals surface area contributed by atoms with Gasteiger partial charge in [0.05, 0.1) is 6.20 Å². The number of hydrogen-bond donors (Lipinski definition) is 1. The molecule has 0 unspecified atom stereocenters. The van der Waals surface area contributed by atoms with Crippen molar-refractivity contribution in [3.63, 3.8) is 0 Å². The number of aromatic nitrogens is 4. The maximum Gasteiger partial charge on any atom is 0.239 e. The van der Waals surface area contributed by atoms with Crippen molar-refractivity contribution in [2.24, 2.45) is 0 Å². The van der Waals surface area contributed by atoms with E-state index < -0.39 is 0 Å². The number of anilines is 1. The van der Waals surface area contributed by atoms with Gasteiger partial charge in [-0.15, -0.1) is 11.6 Å². The minimum atomic E-state index is -0.315. The molecule has 0 aliphatic heterocycles. The van der Waals surface area contributed by atoms with E-state index in [9.17, 15) is 4.79 Å². The third-order valence-electron chi connectivity index (χ3n) is 1.81. The zero-order chi connectivity index (χ0) is 11.4. The fraction of sp³-hybridized carbons (Fsp3) is 0.111. The summed E-state index contributed by atoms with van der Waals surface area (Å²) in [5.74, 6) is 0.0660. The van der Waals surface area contributed by atoms with Crippen LogP contribution in [0, 0.1) is 0 Å². The molecule has 2 rings (SSSR count). The second-order valence-electron chi connectivity index (χ2n) is 2.89. The van der Waals surface area contributed by atoms with Crippen LogP contribution in [0.25, 0.3) is 5.82 Å². The average molecular weight is 238 g/mol. The number of carbonyl (C=O) groups is 1. The van der Waals surface area contributed by atoms with Gasteiger partial charge in [0.1, 0.15) is 17.9 Å². The number of amides is 1. The van der Waals surface area contributed by atoms with E-state index in [1.165, 1.54) is 17.2 Å². The van der Waals surface area contributed by atoms with Gasteiger partial charge in [0.25, 0.3) is 0 Å². The largest absolute Gasteiger partial charge is 0.321 e.